The third-order valence-corrected chi connectivity index (χ3v) is 6.68. The number of hydrazine groups is 1. The number of amides is 2. The standard InChI is InChI=1S/C30H42N4O8/c31-34(19-25(21-39-27-15-7-9-17-37-27)41-29(35)32-23-11-3-1-4-12-23)20-26(22-40-28-16-8-10-18-38-28)42-30(36)33-24-13-5-2-6-14-24/h1-6,11-14,25-28H,7-10,15-22,31H2,(H,32,35)(H,33,36). The van der Waals surface area contributed by atoms with Crippen LogP contribution in [-0.2, 0) is 28.4 Å². The Morgan fingerprint density at radius 1 is 0.738 bits per heavy atom. The maximum absolute atomic E-state index is 12.7. The first-order valence-corrected chi connectivity index (χ1v) is 14.5. The first-order chi connectivity index (χ1) is 20.5. The largest absolute Gasteiger partial charge is 0.442 e. The Balaban J connectivity index is 1.35. The highest BCUT2D eigenvalue weighted by Gasteiger charge is 2.26. The molecule has 0 aliphatic carbocycles. The van der Waals surface area contributed by atoms with Crippen molar-refractivity contribution in [1.29, 1.82) is 0 Å². The zero-order valence-corrected chi connectivity index (χ0v) is 23.9. The molecule has 2 aliphatic heterocycles. The number of carbonyl (C=O) groups excluding carboxylic acids is 2. The Morgan fingerprint density at radius 2 is 1.17 bits per heavy atom. The SMILES string of the molecule is NN(CC(COC1CCCCO1)OC(=O)Nc1ccccc1)CC(COC1CCCCO1)OC(=O)Nc1ccccc1. The number of para-hydroxylation sites is 2. The molecule has 2 saturated heterocycles. The molecule has 4 rings (SSSR count). The average Bonchev–Trinajstić information content (AvgIpc) is 3.00. The fourth-order valence-corrected chi connectivity index (χ4v) is 4.60. The van der Waals surface area contributed by atoms with Crippen molar-refractivity contribution in [2.24, 2.45) is 5.84 Å². The van der Waals surface area contributed by atoms with Crippen molar-refractivity contribution in [1.82, 2.24) is 5.01 Å². The predicted octanol–water partition coefficient (Wildman–Crippen LogP) is 4.48. The molecule has 2 aromatic carbocycles. The number of carbonyl (C=O) groups is 2. The van der Waals surface area contributed by atoms with Gasteiger partial charge in [-0.15, -0.1) is 0 Å². The van der Waals surface area contributed by atoms with Gasteiger partial charge in [-0.3, -0.25) is 16.5 Å². The molecule has 4 unspecified atom stereocenters. The molecule has 2 aliphatic rings. The lowest BCUT2D eigenvalue weighted by Crippen LogP contribution is -2.48. The normalized spacial score (nSPS) is 20.3. The van der Waals surface area contributed by atoms with Gasteiger partial charge in [-0.1, -0.05) is 36.4 Å². The maximum atomic E-state index is 12.7. The van der Waals surface area contributed by atoms with E-state index in [2.05, 4.69) is 10.6 Å². The van der Waals surface area contributed by atoms with E-state index in [9.17, 15) is 9.59 Å². The second kappa shape index (κ2) is 17.6. The van der Waals surface area contributed by atoms with E-state index in [4.69, 9.17) is 34.3 Å². The van der Waals surface area contributed by atoms with E-state index < -0.39 is 24.4 Å². The van der Waals surface area contributed by atoms with Crippen LogP contribution in [0.5, 0.6) is 0 Å². The molecule has 0 spiro atoms. The highest BCUT2D eigenvalue weighted by atomic mass is 16.7. The lowest BCUT2D eigenvalue weighted by atomic mass is 10.2. The lowest BCUT2D eigenvalue weighted by Gasteiger charge is -2.30. The van der Waals surface area contributed by atoms with E-state index in [1.807, 2.05) is 36.4 Å². The number of rotatable bonds is 14. The molecule has 42 heavy (non-hydrogen) atoms. The molecule has 2 heterocycles. The molecule has 0 radical (unpaired) electrons. The quantitative estimate of drug-likeness (QED) is 0.214. The van der Waals surface area contributed by atoms with Crippen LogP contribution in [0, 0.1) is 0 Å². The van der Waals surface area contributed by atoms with Crippen LogP contribution in [0.25, 0.3) is 0 Å². The van der Waals surface area contributed by atoms with Gasteiger partial charge in [-0.05, 0) is 62.8 Å². The van der Waals surface area contributed by atoms with Gasteiger partial charge in [0.15, 0.2) is 12.6 Å². The topological polar surface area (TPSA) is 143 Å². The summed E-state index contributed by atoms with van der Waals surface area (Å²) in [4.78, 5) is 25.4. The van der Waals surface area contributed by atoms with Gasteiger partial charge in [-0.2, -0.15) is 0 Å². The summed E-state index contributed by atoms with van der Waals surface area (Å²) in [6, 6.07) is 18.0. The smallest absolute Gasteiger partial charge is 0.412 e. The molecular formula is C30H42N4O8. The molecule has 2 amide bonds. The minimum Gasteiger partial charge on any atom is -0.442 e. The number of nitrogens with one attached hydrogen (secondary N) is 2. The van der Waals surface area contributed by atoms with Gasteiger partial charge in [0.05, 0.1) is 26.3 Å². The minimum absolute atomic E-state index is 0.0764. The summed E-state index contributed by atoms with van der Waals surface area (Å²) in [5.41, 5.74) is 1.20. The Hall–Kier alpha value is -3.26. The Kier molecular flexibility index (Phi) is 13.3. The van der Waals surface area contributed by atoms with Gasteiger partial charge >= 0.3 is 12.2 Å². The fraction of sp³-hybridized carbons (Fsp3) is 0.533. The number of hydrogen-bond donors (Lipinski definition) is 3. The van der Waals surface area contributed by atoms with Crippen molar-refractivity contribution < 1.29 is 38.0 Å². The summed E-state index contributed by atoms with van der Waals surface area (Å²) >= 11 is 0. The van der Waals surface area contributed by atoms with Crippen LogP contribution in [0.4, 0.5) is 21.0 Å². The van der Waals surface area contributed by atoms with Crippen molar-refractivity contribution in [3.05, 3.63) is 60.7 Å². The van der Waals surface area contributed by atoms with E-state index in [-0.39, 0.29) is 38.9 Å². The first-order valence-electron chi connectivity index (χ1n) is 14.5. The summed E-state index contributed by atoms with van der Waals surface area (Å²) < 4.78 is 34.5. The number of nitrogens with zero attached hydrogens (tertiary/aromatic N) is 1. The second-order valence-electron chi connectivity index (χ2n) is 10.2. The van der Waals surface area contributed by atoms with Crippen molar-refractivity contribution in [3.8, 4) is 0 Å². The number of anilines is 2. The summed E-state index contributed by atoms with van der Waals surface area (Å²) in [6.45, 7) is 1.62. The third kappa shape index (κ3) is 11.9. The first kappa shape index (κ1) is 31.7. The van der Waals surface area contributed by atoms with Crippen LogP contribution in [0.2, 0.25) is 0 Å². The number of benzene rings is 2. The molecule has 4 atom stereocenters. The van der Waals surface area contributed by atoms with E-state index in [1.54, 1.807) is 24.3 Å². The summed E-state index contributed by atoms with van der Waals surface area (Å²) in [6.07, 6.45) is 2.05. The van der Waals surface area contributed by atoms with Gasteiger partial charge in [0.2, 0.25) is 0 Å². The molecule has 0 bridgehead atoms. The molecule has 2 fully saturated rings. The predicted molar refractivity (Wildman–Crippen MR) is 156 cm³/mol. The zero-order chi connectivity index (χ0) is 29.4. The molecule has 230 valence electrons. The van der Waals surface area contributed by atoms with Crippen LogP contribution < -0.4 is 16.5 Å². The second-order valence-corrected chi connectivity index (χ2v) is 10.2. The Labute approximate surface area is 246 Å². The molecule has 2 aromatic rings. The highest BCUT2D eigenvalue weighted by molar-refractivity contribution is 5.85. The number of nitrogens with two attached hydrogens (primary N) is 1. The molecule has 0 saturated carbocycles. The summed E-state index contributed by atoms with van der Waals surface area (Å²) in [7, 11) is 0. The van der Waals surface area contributed by atoms with Crippen molar-refractivity contribution in [3.63, 3.8) is 0 Å². The van der Waals surface area contributed by atoms with E-state index in [0.29, 0.717) is 24.6 Å². The minimum atomic E-state index is -0.731. The van der Waals surface area contributed by atoms with Crippen LogP contribution >= 0.6 is 0 Å². The van der Waals surface area contributed by atoms with Gasteiger partial charge in [0, 0.05) is 24.6 Å². The third-order valence-electron chi connectivity index (χ3n) is 6.68. The van der Waals surface area contributed by atoms with Crippen LogP contribution in [0.15, 0.2) is 60.7 Å². The zero-order valence-electron chi connectivity index (χ0n) is 23.9. The Morgan fingerprint density at radius 3 is 1.55 bits per heavy atom. The summed E-state index contributed by atoms with van der Waals surface area (Å²) in [5, 5.41) is 6.85. The maximum Gasteiger partial charge on any atom is 0.412 e. The van der Waals surface area contributed by atoms with Crippen molar-refractivity contribution in [2.75, 3.05) is 50.2 Å². The number of ether oxygens (including phenoxy) is 6. The van der Waals surface area contributed by atoms with Crippen LogP contribution in [-0.4, -0.2) is 81.5 Å². The van der Waals surface area contributed by atoms with Crippen molar-refractivity contribution >= 4 is 23.6 Å². The fourth-order valence-electron chi connectivity index (χ4n) is 4.60. The molecule has 12 nitrogen and oxygen atoms in total. The van der Waals surface area contributed by atoms with E-state index in [1.165, 1.54) is 5.01 Å². The van der Waals surface area contributed by atoms with Gasteiger partial charge in [0.25, 0.3) is 0 Å². The molecule has 12 heteroatoms. The van der Waals surface area contributed by atoms with E-state index >= 15 is 0 Å². The van der Waals surface area contributed by atoms with Crippen molar-refractivity contribution in [2.45, 2.75) is 63.3 Å². The van der Waals surface area contributed by atoms with Gasteiger partial charge < -0.3 is 28.4 Å². The monoisotopic (exact) mass is 586 g/mol. The summed E-state index contributed by atoms with van der Waals surface area (Å²) in [5.74, 6) is 6.39. The molecule has 0 aromatic heterocycles. The Bertz CT molecular complexity index is 968. The number of hydrogen-bond acceptors (Lipinski definition) is 10. The average molecular weight is 587 g/mol. The van der Waals surface area contributed by atoms with Crippen LogP contribution in [0.1, 0.15) is 38.5 Å². The highest BCUT2D eigenvalue weighted by Crippen LogP contribution is 2.17. The van der Waals surface area contributed by atoms with Gasteiger partial charge in [0.1, 0.15) is 12.2 Å². The lowest BCUT2D eigenvalue weighted by molar-refractivity contribution is -0.179. The van der Waals surface area contributed by atoms with Crippen LogP contribution in [0.3, 0.4) is 0 Å². The van der Waals surface area contributed by atoms with E-state index in [0.717, 1.165) is 38.5 Å². The molecule has 4 N–H and O–H groups in total. The van der Waals surface area contributed by atoms with Gasteiger partial charge in [-0.25, -0.2) is 14.6 Å². The molecular weight excluding hydrogens is 544 g/mol.